The third-order valence-corrected chi connectivity index (χ3v) is 5.05. The number of aliphatic hydroxyl groups excluding tert-OH is 2. The van der Waals surface area contributed by atoms with E-state index in [1.807, 2.05) is 30.3 Å². The van der Waals surface area contributed by atoms with E-state index >= 15 is 0 Å². The molecule has 1 heterocycles. The minimum atomic E-state index is -0.887. The van der Waals surface area contributed by atoms with Gasteiger partial charge in [0.2, 0.25) is 5.91 Å². The summed E-state index contributed by atoms with van der Waals surface area (Å²) in [5, 5.41) is 23.4. The molecule has 132 valence electrons. The van der Waals surface area contributed by atoms with E-state index in [4.69, 9.17) is 0 Å². The van der Waals surface area contributed by atoms with Crippen molar-refractivity contribution >= 4 is 5.91 Å². The standard InChI is InChI=1S/C19H28N2O3/c22-17(12-14-4-2-1-3-5-14)13-21-10-8-15(9-11-21)18(23)19(24)20-16-6-7-16/h1-5,15-18,22-23H,6-13H2,(H,20,24)/t17-,18-/m1/s1. The summed E-state index contributed by atoms with van der Waals surface area (Å²) in [5.41, 5.74) is 1.15. The number of likely N-dealkylation sites (tertiary alicyclic amines) is 1. The second-order valence-electron chi connectivity index (χ2n) is 7.21. The molecule has 2 aliphatic rings. The van der Waals surface area contributed by atoms with Gasteiger partial charge < -0.3 is 20.4 Å². The lowest BCUT2D eigenvalue weighted by Gasteiger charge is -2.34. The summed E-state index contributed by atoms with van der Waals surface area (Å²) >= 11 is 0. The molecule has 0 bridgehead atoms. The van der Waals surface area contributed by atoms with Crippen molar-refractivity contribution in [3.63, 3.8) is 0 Å². The third-order valence-electron chi connectivity index (χ3n) is 5.05. The van der Waals surface area contributed by atoms with Crippen LogP contribution in [0.5, 0.6) is 0 Å². The normalized spacial score (nSPS) is 22.1. The molecule has 1 aliphatic carbocycles. The second-order valence-corrected chi connectivity index (χ2v) is 7.21. The minimum absolute atomic E-state index is 0.0336. The Morgan fingerprint density at radius 2 is 1.79 bits per heavy atom. The maximum atomic E-state index is 11.9. The number of hydrogen-bond acceptors (Lipinski definition) is 4. The molecule has 3 N–H and O–H groups in total. The van der Waals surface area contributed by atoms with Gasteiger partial charge in [0.15, 0.2) is 0 Å². The topological polar surface area (TPSA) is 72.8 Å². The second kappa shape index (κ2) is 8.10. The number of carbonyl (C=O) groups excluding carboxylic acids is 1. The Morgan fingerprint density at radius 3 is 2.42 bits per heavy atom. The van der Waals surface area contributed by atoms with Gasteiger partial charge in [0, 0.05) is 12.6 Å². The highest BCUT2D eigenvalue weighted by molar-refractivity contribution is 5.81. The van der Waals surface area contributed by atoms with Gasteiger partial charge in [-0.2, -0.15) is 0 Å². The molecule has 5 heteroatoms. The van der Waals surface area contributed by atoms with Gasteiger partial charge in [-0.05, 0) is 56.7 Å². The zero-order valence-corrected chi connectivity index (χ0v) is 14.1. The van der Waals surface area contributed by atoms with Crippen molar-refractivity contribution in [3.8, 4) is 0 Å². The maximum absolute atomic E-state index is 11.9. The lowest BCUT2D eigenvalue weighted by Crippen LogP contribution is -2.46. The average Bonchev–Trinajstić information content (AvgIpc) is 3.39. The molecule has 1 amide bonds. The van der Waals surface area contributed by atoms with Gasteiger partial charge in [-0.1, -0.05) is 30.3 Å². The number of benzene rings is 1. The molecule has 1 aliphatic heterocycles. The molecule has 0 radical (unpaired) electrons. The number of piperidine rings is 1. The molecule has 5 nitrogen and oxygen atoms in total. The van der Waals surface area contributed by atoms with E-state index in [0.29, 0.717) is 19.0 Å². The van der Waals surface area contributed by atoms with Gasteiger partial charge in [-0.15, -0.1) is 0 Å². The smallest absolute Gasteiger partial charge is 0.249 e. The molecule has 0 spiro atoms. The number of hydrogen-bond donors (Lipinski definition) is 3. The molecular formula is C19H28N2O3. The Labute approximate surface area is 143 Å². The molecule has 1 saturated heterocycles. The molecule has 24 heavy (non-hydrogen) atoms. The van der Waals surface area contributed by atoms with Gasteiger partial charge in [-0.25, -0.2) is 0 Å². The van der Waals surface area contributed by atoms with E-state index < -0.39 is 6.10 Å². The summed E-state index contributed by atoms with van der Waals surface area (Å²) in [6.07, 6.45) is 3.07. The van der Waals surface area contributed by atoms with Crippen LogP contribution in [0.4, 0.5) is 0 Å². The predicted octanol–water partition coefficient (Wildman–Crippen LogP) is 0.941. The van der Waals surface area contributed by atoms with E-state index in [2.05, 4.69) is 10.2 Å². The van der Waals surface area contributed by atoms with Crippen LogP contribution in [0.3, 0.4) is 0 Å². The van der Waals surface area contributed by atoms with Crippen molar-refractivity contribution in [1.82, 2.24) is 10.2 Å². The summed E-state index contributed by atoms with van der Waals surface area (Å²) in [5.74, 6) is -0.175. The quantitative estimate of drug-likeness (QED) is 0.695. The van der Waals surface area contributed by atoms with Crippen molar-refractivity contribution in [3.05, 3.63) is 35.9 Å². The van der Waals surface area contributed by atoms with E-state index in [0.717, 1.165) is 44.3 Å². The molecule has 0 aromatic heterocycles. The Kier molecular flexibility index (Phi) is 5.87. The van der Waals surface area contributed by atoms with Crippen molar-refractivity contribution in [2.75, 3.05) is 19.6 Å². The van der Waals surface area contributed by atoms with Gasteiger partial charge in [0.05, 0.1) is 6.10 Å². The number of β-amino-alcohol motifs (C(OH)–C–C–N with tert-alkyl or cyclic N) is 1. The van der Waals surface area contributed by atoms with Crippen LogP contribution >= 0.6 is 0 Å². The zero-order valence-electron chi connectivity index (χ0n) is 14.1. The lowest BCUT2D eigenvalue weighted by atomic mass is 9.90. The Bertz CT molecular complexity index is 525. The Morgan fingerprint density at radius 1 is 1.12 bits per heavy atom. The van der Waals surface area contributed by atoms with E-state index in [1.54, 1.807) is 0 Å². The van der Waals surface area contributed by atoms with Crippen LogP contribution in [0.1, 0.15) is 31.2 Å². The Balaban J connectivity index is 1.39. The highest BCUT2D eigenvalue weighted by Crippen LogP contribution is 2.23. The van der Waals surface area contributed by atoms with Crippen LogP contribution < -0.4 is 5.32 Å². The average molecular weight is 332 g/mol. The lowest BCUT2D eigenvalue weighted by molar-refractivity contribution is -0.133. The van der Waals surface area contributed by atoms with Gasteiger partial charge in [-0.3, -0.25) is 4.79 Å². The number of nitrogens with one attached hydrogen (secondary N) is 1. The highest BCUT2D eigenvalue weighted by atomic mass is 16.3. The van der Waals surface area contributed by atoms with Crippen molar-refractivity contribution in [2.24, 2.45) is 5.92 Å². The third kappa shape index (κ3) is 5.03. The summed E-state index contributed by atoms with van der Waals surface area (Å²) in [7, 11) is 0. The molecule has 2 atom stereocenters. The van der Waals surface area contributed by atoms with Gasteiger partial charge >= 0.3 is 0 Å². The minimum Gasteiger partial charge on any atom is -0.391 e. The number of nitrogens with zero attached hydrogens (tertiary/aromatic N) is 1. The van der Waals surface area contributed by atoms with Crippen molar-refractivity contribution in [1.29, 1.82) is 0 Å². The molecule has 1 aromatic carbocycles. The Hall–Kier alpha value is -1.43. The fourth-order valence-electron chi connectivity index (χ4n) is 3.43. The van der Waals surface area contributed by atoms with Crippen LogP contribution in [-0.4, -0.2) is 58.9 Å². The van der Waals surface area contributed by atoms with Crippen LogP contribution in [0.25, 0.3) is 0 Å². The van der Waals surface area contributed by atoms with E-state index in [9.17, 15) is 15.0 Å². The van der Waals surface area contributed by atoms with Gasteiger partial charge in [0.25, 0.3) is 0 Å². The summed E-state index contributed by atoms with van der Waals surface area (Å²) in [6.45, 7) is 2.29. The van der Waals surface area contributed by atoms with Crippen LogP contribution in [0, 0.1) is 5.92 Å². The largest absolute Gasteiger partial charge is 0.391 e. The van der Waals surface area contributed by atoms with E-state index in [-0.39, 0.29) is 17.9 Å². The number of aliphatic hydroxyl groups is 2. The predicted molar refractivity (Wildman–Crippen MR) is 92.5 cm³/mol. The summed E-state index contributed by atoms with van der Waals surface area (Å²) in [6, 6.07) is 10.3. The van der Waals surface area contributed by atoms with Crippen LogP contribution in [-0.2, 0) is 11.2 Å². The number of rotatable bonds is 7. The zero-order chi connectivity index (χ0) is 16.9. The van der Waals surface area contributed by atoms with E-state index in [1.165, 1.54) is 0 Å². The van der Waals surface area contributed by atoms with Crippen LogP contribution in [0.2, 0.25) is 0 Å². The number of amides is 1. The fraction of sp³-hybridized carbons (Fsp3) is 0.632. The first-order valence-electron chi connectivity index (χ1n) is 9.04. The maximum Gasteiger partial charge on any atom is 0.249 e. The first-order valence-corrected chi connectivity index (χ1v) is 9.04. The molecule has 1 saturated carbocycles. The monoisotopic (exact) mass is 332 g/mol. The molecule has 1 aromatic rings. The van der Waals surface area contributed by atoms with Crippen molar-refractivity contribution in [2.45, 2.75) is 50.4 Å². The molecule has 3 rings (SSSR count). The van der Waals surface area contributed by atoms with Crippen molar-refractivity contribution < 1.29 is 15.0 Å². The first kappa shape index (κ1) is 17.4. The molecular weight excluding hydrogens is 304 g/mol. The SMILES string of the molecule is O=C(NC1CC1)[C@H](O)C1CCN(C[C@H](O)Cc2ccccc2)CC1. The summed E-state index contributed by atoms with van der Waals surface area (Å²) < 4.78 is 0. The highest BCUT2D eigenvalue weighted by Gasteiger charge is 2.33. The number of carbonyl (C=O) groups is 1. The first-order chi connectivity index (χ1) is 11.6. The van der Waals surface area contributed by atoms with Crippen LogP contribution in [0.15, 0.2) is 30.3 Å². The molecule has 2 fully saturated rings. The van der Waals surface area contributed by atoms with Gasteiger partial charge in [0.1, 0.15) is 6.10 Å². The fourth-order valence-corrected chi connectivity index (χ4v) is 3.43. The summed E-state index contributed by atoms with van der Waals surface area (Å²) in [4.78, 5) is 14.2. The molecule has 0 unspecified atom stereocenters.